The largest absolute Gasteiger partial charge is 0.481 e. The molecule has 11 heteroatoms. The van der Waals surface area contributed by atoms with Gasteiger partial charge in [0.2, 0.25) is 5.79 Å². The summed E-state index contributed by atoms with van der Waals surface area (Å²) in [6, 6.07) is 0. The van der Waals surface area contributed by atoms with E-state index in [1.807, 2.05) is 41.5 Å². The Morgan fingerprint density at radius 2 is 1.57 bits per heavy atom. The number of aliphatic hydroxyl groups excluding tert-OH is 2. The van der Waals surface area contributed by atoms with Crippen LogP contribution in [0.3, 0.4) is 0 Å². The van der Waals surface area contributed by atoms with Gasteiger partial charge in [-0.3, -0.25) is 9.59 Å². The Kier molecular flexibility index (Phi) is 13.0. The zero-order chi connectivity index (χ0) is 39.3. The predicted octanol–water partition coefficient (Wildman–Crippen LogP) is 6.19. The lowest BCUT2D eigenvalue weighted by atomic mass is 9.72. The Morgan fingerprint density at radius 3 is 2.17 bits per heavy atom. The van der Waals surface area contributed by atoms with E-state index in [4.69, 9.17) is 23.7 Å². The second-order valence-electron chi connectivity index (χ2n) is 17.9. The van der Waals surface area contributed by atoms with Crippen molar-refractivity contribution in [1.82, 2.24) is 0 Å². The van der Waals surface area contributed by atoms with Crippen LogP contribution < -0.4 is 0 Å². The zero-order valence-electron chi connectivity index (χ0n) is 34.0. The highest BCUT2D eigenvalue weighted by molar-refractivity contribution is 5.84. The van der Waals surface area contributed by atoms with E-state index in [9.17, 15) is 30.0 Å². The molecule has 5 heterocycles. The molecule has 1 unspecified atom stereocenters. The number of carbonyl (C=O) groups is 2. The second kappa shape index (κ2) is 16.2. The molecular weight excluding hydrogens is 680 g/mol. The molecule has 0 aromatic heterocycles. The quantitative estimate of drug-likeness (QED) is 0.169. The summed E-state index contributed by atoms with van der Waals surface area (Å²) in [4.78, 5) is 26.4. The number of Topliss-reactive ketones (excluding diaryl/α,β-unsaturated/α-hetero) is 1. The third-order valence-electron chi connectivity index (χ3n) is 14.4. The van der Waals surface area contributed by atoms with Gasteiger partial charge < -0.3 is 44.1 Å². The van der Waals surface area contributed by atoms with Crippen molar-refractivity contribution in [2.75, 3.05) is 0 Å². The van der Waals surface area contributed by atoms with Gasteiger partial charge >= 0.3 is 5.97 Å². The average molecular weight is 751 g/mol. The number of aliphatic carboxylic acids is 1. The number of carbonyl (C=O) groups excluding carboxylic acids is 1. The number of ketones is 1. The molecule has 0 radical (unpaired) electrons. The maximum atomic E-state index is 14.4. The van der Waals surface area contributed by atoms with Gasteiger partial charge in [-0.25, -0.2) is 0 Å². The van der Waals surface area contributed by atoms with E-state index in [-0.39, 0.29) is 41.8 Å². The third-order valence-corrected chi connectivity index (χ3v) is 14.4. The molecule has 0 aliphatic carbocycles. The van der Waals surface area contributed by atoms with E-state index >= 15 is 0 Å². The Balaban J connectivity index is 1.31. The van der Waals surface area contributed by atoms with Crippen LogP contribution in [0.4, 0.5) is 0 Å². The summed E-state index contributed by atoms with van der Waals surface area (Å²) < 4.78 is 33.5. The summed E-state index contributed by atoms with van der Waals surface area (Å²) in [6.45, 7) is 19.6. The van der Waals surface area contributed by atoms with Crippen LogP contribution in [-0.4, -0.2) is 97.7 Å². The molecule has 0 aromatic rings. The van der Waals surface area contributed by atoms with Gasteiger partial charge in [0.15, 0.2) is 5.79 Å². The van der Waals surface area contributed by atoms with E-state index < -0.39 is 76.8 Å². The summed E-state index contributed by atoms with van der Waals surface area (Å²) in [6.07, 6.45) is 5.51. The highest BCUT2D eigenvalue weighted by Crippen LogP contribution is 2.54. The minimum absolute atomic E-state index is 0.0137. The monoisotopic (exact) mass is 750 g/mol. The van der Waals surface area contributed by atoms with Gasteiger partial charge in [-0.1, -0.05) is 55.4 Å². The van der Waals surface area contributed by atoms with Crippen molar-refractivity contribution < 1.29 is 53.7 Å². The lowest BCUT2D eigenvalue weighted by Gasteiger charge is -2.54. The molecule has 18 atom stereocenters. The van der Waals surface area contributed by atoms with Crippen molar-refractivity contribution in [2.24, 2.45) is 41.4 Å². The smallest absolute Gasteiger partial charge is 0.309 e. The summed E-state index contributed by atoms with van der Waals surface area (Å²) in [5.41, 5.74) is -1.63. The van der Waals surface area contributed by atoms with Crippen molar-refractivity contribution in [1.29, 1.82) is 0 Å². The first-order chi connectivity index (χ1) is 24.8. The topological polar surface area (TPSA) is 161 Å². The van der Waals surface area contributed by atoms with Crippen molar-refractivity contribution >= 4 is 11.8 Å². The first-order valence-electron chi connectivity index (χ1n) is 20.7. The number of carboxylic acids is 1. The number of carboxylic acid groups (broad SMARTS) is 1. The van der Waals surface area contributed by atoms with Crippen LogP contribution >= 0.6 is 0 Å². The van der Waals surface area contributed by atoms with E-state index in [0.717, 1.165) is 6.42 Å². The Bertz CT molecular complexity index is 1320. The van der Waals surface area contributed by atoms with Crippen LogP contribution in [-0.2, 0) is 33.3 Å². The van der Waals surface area contributed by atoms with Crippen molar-refractivity contribution in [3.63, 3.8) is 0 Å². The van der Waals surface area contributed by atoms with Crippen LogP contribution in [0.15, 0.2) is 12.2 Å². The molecule has 4 N–H and O–H groups in total. The number of ether oxygens (including phenoxy) is 5. The fraction of sp³-hybridized carbons (Fsp3) is 0.905. The molecule has 4 saturated heterocycles. The van der Waals surface area contributed by atoms with Crippen molar-refractivity contribution in [3.05, 3.63) is 12.2 Å². The van der Waals surface area contributed by atoms with Crippen LogP contribution in [0.2, 0.25) is 0 Å². The van der Waals surface area contributed by atoms with Gasteiger partial charge in [0, 0.05) is 30.1 Å². The maximum Gasteiger partial charge on any atom is 0.309 e. The summed E-state index contributed by atoms with van der Waals surface area (Å²) in [7, 11) is 0. The van der Waals surface area contributed by atoms with Gasteiger partial charge in [-0.15, -0.1) is 0 Å². The Labute approximate surface area is 317 Å². The molecule has 0 amide bonds. The highest BCUT2D eigenvalue weighted by atomic mass is 16.8. The van der Waals surface area contributed by atoms with Crippen molar-refractivity contribution in [2.45, 2.75) is 199 Å². The Hall–Kier alpha value is -1.44. The van der Waals surface area contributed by atoms with Crippen LogP contribution in [0.1, 0.15) is 133 Å². The summed E-state index contributed by atoms with van der Waals surface area (Å²) >= 11 is 0. The van der Waals surface area contributed by atoms with Crippen LogP contribution in [0, 0.1) is 41.4 Å². The van der Waals surface area contributed by atoms with E-state index in [2.05, 4.69) is 20.8 Å². The second-order valence-corrected chi connectivity index (χ2v) is 17.9. The molecule has 304 valence electrons. The number of hydrogen-bond acceptors (Lipinski definition) is 10. The Morgan fingerprint density at radius 1 is 0.887 bits per heavy atom. The van der Waals surface area contributed by atoms with E-state index in [1.54, 1.807) is 19.1 Å². The summed E-state index contributed by atoms with van der Waals surface area (Å²) in [5, 5.41) is 44.0. The lowest BCUT2D eigenvalue weighted by molar-refractivity contribution is -0.409. The van der Waals surface area contributed by atoms with Crippen molar-refractivity contribution in [3.8, 4) is 0 Å². The third kappa shape index (κ3) is 7.94. The molecule has 5 aliphatic heterocycles. The number of aliphatic hydroxyl groups is 3. The molecule has 11 nitrogen and oxygen atoms in total. The first kappa shape index (κ1) is 42.7. The maximum absolute atomic E-state index is 14.4. The van der Waals surface area contributed by atoms with Crippen LogP contribution in [0.25, 0.3) is 0 Å². The SMILES string of the molecule is CC[C@H](C(=O)O)[C@H]1CC[C@H](C)[C@H]([C@@H](C)[C@H](O)[C@H](C)C(=O)[C@H](CC)[C@H]2OC3(C=C[C@@H](O)[C@]4(CC[C@@](C)([C@H]5CC[C@](O)(CC)[C@H](C)O5)O4)O3)[C@H](C)C[C@@H]2C)O1. The minimum atomic E-state index is -1.37. The molecule has 0 aromatic carbocycles. The first-order valence-corrected chi connectivity index (χ1v) is 20.7. The highest BCUT2D eigenvalue weighted by Gasteiger charge is 2.63. The predicted molar refractivity (Wildman–Crippen MR) is 199 cm³/mol. The molecular formula is C42H70O11. The number of rotatable bonds is 12. The standard InChI is InChI=1S/C42H70O11/c1-11-29(38(46)47)31-15-14-23(4)36(50-31)27(8)34(44)26(7)35(45)30(12-2)37-24(5)22-25(6)41(51-37)19-16-32(43)42(53-41)21-20-39(10,52-42)33-17-18-40(48,13-3)28(9)49-33/h16,19,23-34,36-37,43-44,48H,11-15,17-18,20-22H2,1-10H3,(H,46,47)/t23-,24-,25+,26-,27-,28-,29-,30-,31+,32+,33+,34+,36+,37-,39-,40+,41?,42-/m0/s1. The fourth-order valence-electron chi connectivity index (χ4n) is 10.5. The lowest BCUT2D eigenvalue weighted by Crippen LogP contribution is -2.63. The van der Waals surface area contributed by atoms with Gasteiger partial charge in [-0.2, -0.15) is 0 Å². The minimum Gasteiger partial charge on any atom is -0.481 e. The summed E-state index contributed by atoms with van der Waals surface area (Å²) in [5.74, 6) is -5.78. The van der Waals surface area contributed by atoms with Crippen LogP contribution in [0.5, 0.6) is 0 Å². The van der Waals surface area contributed by atoms with E-state index in [1.165, 1.54) is 0 Å². The molecule has 0 saturated carbocycles. The molecule has 0 bridgehead atoms. The normalized spacial score (nSPS) is 46.2. The average Bonchev–Trinajstić information content (AvgIpc) is 3.47. The van der Waals surface area contributed by atoms with E-state index in [0.29, 0.717) is 57.8 Å². The number of hydrogen-bond donors (Lipinski definition) is 4. The van der Waals surface area contributed by atoms with Gasteiger partial charge in [0.25, 0.3) is 0 Å². The van der Waals surface area contributed by atoms with Gasteiger partial charge in [-0.05, 0) is 95.6 Å². The fourth-order valence-corrected chi connectivity index (χ4v) is 10.5. The molecule has 53 heavy (non-hydrogen) atoms. The van der Waals surface area contributed by atoms with Gasteiger partial charge in [0.1, 0.15) is 11.9 Å². The zero-order valence-corrected chi connectivity index (χ0v) is 34.0. The molecule has 2 spiro atoms. The molecule has 4 fully saturated rings. The van der Waals surface area contributed by atoms with Gasteiger partial charge in [0.05, 0.1) is 53.7 Å². The molecule has 5 rings (SSSR count). The molecule has 5 aliphatic rings.